The third-order valence-electron chi connectivity index (χ3n) is 2.44. The topological polar surface area (TPSA) is 52.3 Å². The van der Waals surface area contributed by atoms with E-state index in [9.17, 15) is 4.79 Å². The molecular weight excluding hydrogens is 374 g/mol. The van der Waals surface area contributed by atoms with Crippen LogP contribution in [0.4, 0.5) is 5.69 Å². The van der Waals surface area contributed by atoms with Crippen molar-refractivity contribution in [2.24, 2.45) is 0 Å². The Labute approximate surface area is 128 Å². The highest BCUT2D eigenvalue weighted by Gasteiger charge is 2.09. The maximum absolute atomic E-state index is 11.9. The van der Waals surface area contributed by atoms with Gasteiger partial charge in [0.25, 0.3) is 0 Å². The number of ether oxygens (including phenoxy) is 1. The number of carbonyl (C=O) groups is 1. The molecule has 0 heterocycles. The summed E-state index contributed by atoms with van der Waals surface area (Å²) in [5, 5.41) is 0. The quantitative estimate of drug-likeness (QED) is 0.638. The Kier molecular flexibility index (Phi) is 4.61. The fourth-order valence-corrected chi connectivity index (χ4v) is 2.32. The van der Waals surface area contributed by atoms with Gasteiger partial charge in [-0.2, -0.15) is 0 Å². The summed E-state index contributed by atoms with van der Waals surface area (Å²) in [6.45, 7) is 0.235. The number of halogens is 2. The standard InChI is InChI=1S/C14H11Br2NO2/c15-11-3-1-9(2-4-11)8-19-14(18)10-5-12(16)7-13(17)6-10/h1-7H,8,17H2. The number of esters is 1. The van der Waals surface area contributed by atoms with Gasteiger partial charge in [0.15, 0.2) is 0 Å². The van der Waals surface area contributed by atoms with E-state index in [1.54, 1.807) is 18.2 Å². The van der Waals surface area contributed by atoms with Gasteiger partial charge in [0, 0.05) is 14.6 Å². The smallest absolute Gasteiger partial charge is 0.338 e. The molecule has 0 aromatic heterocycles. The molecule has 0 atom stereocenters. The number of benzene rings is 2. The first-order chi connectivity index (χ1) is 9.04. The normalized spacial score (nSPS) is 10.2. The third kappa shape index (κ3) is 4.08. The third-order valence-corrected chi connectivity index (χ3v) is 3.43. The van der Waals surface area contributed by atoms with Crippen molar-refractivity contribution < 1.29 is 9.53 Å². The minimum atomic E-state index is -0.393. The number of rotatable bonds is 3. The summed E-state index contributed by atoms with van der Waals surface area (Å²) in [5.41, 5.74) is 7.56. The van der Waals surface area contributed by atoms with E-state index in [0.29, 0.717) is 11.3 Å². The van der Waals surface area contributed by atoms with Crippen molar-refractivity contribution in [3.05, 3.63) is 62.5 Å². The highest BCUT2D eigenvalue weighted by atomic mass is 79.9. The Morgan fingerprint density at radius 3 is 2.37 bits per heavy atom. The molecule has 0 aliphatic carbocycles. The maximum Gasteiger partial charge on any atom is 0.338 e. The molecule has 0 aliphatic rings. The zero-order chi connectivity index (χ0) is 13.8. The van der Waals surface area contributed by atoms with Crippen molar-refractivity contribution in [2.75, 3.05) is 5.73 Å². The monoisotopic (exact) mass is 383 g/mol. The fourth-order valence-electron chi connectivity index (χ4n) is 1.54. The molecule has 0 bridgehead atoms. The fraction of sp³-hybridized carbons (Fsp3) is 0.0714. The molecule has 0 aliphatic heterocycles. The second-order valence-corrected chi connectivity index (χ2v) is 5.81. The predicted octanol–water partition coefficient (Wildman–Crippen LogP) is 4.15. The zero-order valence-electron chi connectivity index (χ0n) is 9.90. The second kappa shape index (κ2) is 6.21. The van der Waals surface area contributed by atoms with Gasteiger partial charge in [-0.15, -0.1) is 0 Å². The highest BCUT2D eigenvalue weighted by Crippen LogP contribution is 2.18. The largest absolute Gasteiger partial charge is 0.457 e. The molecular formula is C14H11Br2NO2. The summed E-state index contributed by atoms with van der Waals surface area (Å²) in [7, 11) is 0. The van der Waals surface area contributed by atoms with Crippen molar-refractivity contribution >= 4 is 43.5 Å². The maximum atomic E-state index is 11.9. The molecule has 2 N–H and O–H groups in total. The van der Waals surface area contributed by atoms with Crippen LogP contribution in [0.15, 0.2) is 51.4 Å². The lowest BCUT2D eigenvalue weighted by molar-refractivity contribution is 0.0472. The molecule has 98 valence electrons. The van der Waals surface area contributed by atoms with Crippen LogP contribution in [0.5, 0.6) is 0 Å². The van der Waals surface area contributed by atoms with E-state index < -0.39 is 5.97 Å². The number of hydrogen-bond acceptors (Lipinski definition) is 3. The van der Waals surface area contributed by atoms with Crippen LogP contribution in [0.2, 0.25) is 0 Å². The van der Waals surface area contributed by atoms with Crippen LogP contribution in [0.25, 0.3) is 0 Å². The molecule has 5 heteroatoms. The van der Waals surface area contributed by atoms with Gasteiger partial charge < -0.3 is 10.5 Å². The lowest BCUT2D eigenvalue weighted by Crippen LogP contribution is -2.06. The van der Waals surface area contributed by atoms with Crippen molar-refractivity contribution in [2.45, 2.75) is 6.61 Å². The van der Waals surface area contributed by atoms with Gasteiger partial charge in [0.05, 0.1) is 5.56 Å². The van der Waals surface area contributed by atoms with Crippen molar-refractivity contribution in [3.63, 3.8) is 0 Å². The molecule has 0 amide bonds. The SMILES string of the molecule is Nc1cc(Br)cc(C(=O)OCc2ccc(Br)cc2)c1. The van der Waals surface area contributed by atoms with Crippen LogP contribution in [0, 0.1) is 0 Å². The number of anilines is 1. The molecule has 0 saturated carbocycles. The summed E-state index contributed by atoms with van der Waals surface area (Å²) >= 11 is 6.64. The van der Waals surface area contributed by atoms with Crippen LogP contribution in [-0.4, -0.2) is 5.97 Å². The van der Waals surface area contributed by atoms with Gasteiger partial charge in [-0.05, 0) is 35.9 Å². The lowest BCUT2D eigenvalue weighted by Gasteiger charge is -2.06. The Bertz CT molecular complexity index is 577. The Hall–Kier alpha value is -1.33. The van der Waals surface area contributed by atoms with Gasteiger partial charge in [0.1, 0.15) is 6.61 Å². The van der Waals surface area contributed by atoms with Gasteiger partial charge in [-0.1, -0.05) is 44.0 Å². The van der Waals surface area contributed by atoms with Gasteiger partial charge in [0.2, 0.25) is 0 Å². The van der Waals surface area contributed by atoms with E-state index in [2.05, 4.69) is 31.9 Å². The molecule has 2 aromatic carbocycles. The lowest BCUT2D eigenvalue weighted by atomic mass is 10.2. The van der Waals surface area contributed by atoms with E-state index in [1.807, 2.05) is 24.3 Å². The van der Waals surface area contributed by atoms with Crippen LogP contribution in [0.1, 0.15) is 15.9 Å². The van der Waals surface area contributed by atoms with Gasteiger partial charge >= 0.3 is 5.97 Å². The van der Waals surface area contributed by atoms with Crippen LogP contribution in [-0.2, 0) is 11.3 Å². The molecule has 19 heavy (non-hydrogen) atoms. The summed E-state index contributed by atoms with van der Waals surface area (Å²) in [6.07, 6.45) is 0. The number of nitrogens with two attached hydrogens (primary N) is 1. The summed E-state index contributed by atoms with van der Waals surface area (Å²) in [6, 6.07) is 12.6. The van der Waals surface area contributed by atoms with E-state index in [0.717, 1.165) is 14.5 Å². The number of hydrogen-bond donors (Lipinski definition) is 1. The average molecular weight is 385 g/mol. The molecule has 0 radical (unpaired) electrons. The Morgan fingerprint density at radius 1 is 1.05 bits per heavy atom. The van der Waals surface area contributed by atoms with Crippen molar-refractivity contribution in [1.82, 2.24) is 0 Å². The Balaban J connectivity index is 2.03. The van der Waals surface area contributed by atoms with E-state index in [1.165, 1.54) is 0 Å². The zero-order valence-corrected chi connectivity index (χ0v) is 13.1. The predicted molar refractivity (Wildman–Crippen MR) is 81.8 cm³/mol. The van der Waals surface area contributed by atoms with E-state index >= 15 is 0 Å². The summed E-state index contributed by atoms with van der Waals surface area (Å²) in [4.78, 5) is 11.9. The second-order valence-electron chi connectivity index (χ2n) is 3.98. The van der Waals surface area contributed by atoms with E-state index in [-0.39, 0.29) is 6.61 Å². The van der Waals surface area contributed by atoms with Gasteiger partial charge in [-0.3, -0.25) is 0 Å². The van der Waals surface area contributed by atoms with Crippen LogP contribution < -0.4 is 5.73 Å². The number of nitrogen functional groups attached to an aromatic ring is 1. The number of carbonyl (C=O) groups excluding carboxylic acids is 1. The molecule has 0 spiro atoms. The average Bonchev–Trinajstić information content (AvgIpc) is 2.36. The van der Waals surface area contributed by atoms with Crippen LogP contribution >= 0.6 is 31.9 Å². The minimum absolute atomic E-state index is 0.235. The van der Waals surface area contributed by atoms with Crippen molar-refractivity contribution in [3.8, 4) is 0 Å². The van der Waals surface area contributed by atoms with E-state index in [4.69, 9.17) is 10.5 Å². The van der Waals surface area contributed by atoms with Crippen LogP contribution in [0.3, 0.4) is 0 Å². The first-order valence-corrected chi connectivity index (χ1v) is 7.11. The first-order valence-electron chi connectivity index (χ1n) is 5.52. The molecule has 3 nitrogen and oxygen atoms in total. The Morgan fingerprint density at radius 2 is 1.74 bits per heavy atom. The minimum Gasteiger partial charge on any atom is -0.457 e. The summed E-state index contributed by atoms with van der Waals surface area (Å²) in [5.74, 6) is -0.393. The van der Waals surface area contributed by atoms with Gasteiger partial charge in [-0.25, -0.2) is 4.79 Å². The van der Waals surface area contributed by atoms with Crippen molar-refractivity contribution in [1.29, 1.82) is 0 Å². The molecule has 2 aromatic rings. The molecule has 2 rings (SSSR count). The summed E-state index contributed by atoms with van der Waals surface area (Å²) < 4.78 is 6.97. The highest BCUT2D eigenvalue weighted by molar-refractivity contribution is 9.10. The first kappa shape index (κ1) is 14.1. The molecule has 0 fully saturated rings. The molecule has 0 unspecified atom stereocenters. The molecule has 0 saturated heterocycles.